The van der Waals surface area contributed by atoms with Gasteiger partial charge in [0.25, 0.3) is 0 Å². The number of hydrogen-bond donors (Lipinski definition) is 2. The molecule has 6 heteroatoms. The third-order valence-corrected chi connectivity index (χ3v) is 4.09. The van der Waals surface area contributed by atoms with Gasteiger partial charge < -0.3 is 15.4 Å². The maximum atomic E-state index is 5.56. The fraction of sp³-hybridized carbons (Fsp3) is 0.538. The molecule has 1 aliphatic heterocycles. The van der Waals surface area contributed by atoms with Gasteiger partial charge in [0, 0.05) is 25.6 Å². The van der Waals surface area contributed by atoms with Crippen LogP contribution in [-0.2, 0) is 4.74 Å². The van der Waals surface area contributed by atoms with Crippen molar-refractivity contribution in [2.45, 2.75) is 6.92 Å². The second kappa shape index (κ2) is 5.81. The molecule has 2 aromatic heterocycles. The van der Waals surface area contributed by atoms with E-state index in [9.17, 15) is 0 Å². The lowest BCUT2D eigenvalue weighted by molar-refractivity contribution is 0.127. The Morgan fingerprint density at radius 2 is 2.47 bits per heavy atom. The quantitative estimate of drug-likeness (QED) is 0.894. The molecule has 2 N–H and O–H groups in total. The van der Waals surface area contributed by atoms with Crippen LogP contribution in [0.1, 0.15) is 5.82 Å². The van der Waals surface area contributed by atoms with Crippen LogP contribution in [0, 0.1) is 12.8 Å². The van der Waals surface area contributed by atoms with Crippen LogP contribution in [0.25, 0.3) is 10.2 Å². The molecule has 0 amide bonds. The summed E-state index contributed by atoms with van der Waals surface area (Å²) in [4.78, 5) is 8.94. The van der Waals surface area contributed by atoms with Gasteiger partial charge >= 0.3 is 0 Å². The number of nitrogens with one attached hydrogen (secondary N) is 2. The van der Waals surface area contributed by atoms with Gasteiger partial charge in [-0.1, -0.05) is 0 Å². The molecule has 1 saturated heterocycles. The van der Waals surface area contributed by atoms with E-state index in [0.717, 1.165) is 54.7 Å². The highest BCUT2D eigenvalue weighted by atomic mass is 32.1. The highest BCUT2D eigenvalue weighted by molar-refractivity contribution is 7.17. The summed E-state index contributed by atoms with van der Waals surface area (Å²) in [5.41, 5.74) is 1.02. The van der Waals surface area contributed by atoms with Crippen LogP contribution in [0.3, 0.4) is 0 Å². The van der Waals surface area contributed by atoms with Crippen LogP contribution < -0.4 is 10.6 Å². The molecule has 0 aliphatic carbocycles. The number of fused-ring (bicyclic) bond motifs is 1. The molecule has 3 heterocycles. The highest BCUT2D eigenvalue weighted by Gasteiger charge is 2.13. The third-order valence-electron chi connectivity index (χ3n) is 3.18. The Morgan fingerprint density at radius 1 is 1.53 bits per heavy atom. The minimum Gasteiger partial charge on any atom is -0.380 e. The van der Waals surface area contributed by atoms with E-state index in [1.165, 1.54) is 0 Å². The third kappa shape index (κ3) is 3.02. The van der Waals surface area contributed by atoms with Crippen molar-refractivity contribution in [1.29, 1.82) is 0 Å². The number of aryl methyl sites for hydroxylation is 1. The van der Waals surface area contributed by atoms with Crippen LogP contribution in [0.2, 0.25) is 0 Å². The average molecular weight is 278 g/mol. The van der Waals surface area contributed by atoms with Crippen molar-refractivity contribution in [1.82, 2.24) is 15.3 Å². The Balaban J connectivity index is 1.72. The van der Waals surface area contributed by atoms with Crippen molar-refractivity contribution in [3.05, 3.63) is 17.3 Å². The van der Waals surface area contributed by atoms with Gasteiger partial charge in [0.1, 0.15) is 11.6 Å². The van der Waals surface area contributed by atoms with E-state index < -0.39 is 0 Å². The predicted molar refractivity (Wildman–Crippen MR) is 77.8 cm³/mol. The monoisotopic (exact) mass is 278 g/mol. The van der Waals surface area contributed by atoms with Gasteiger partial charge in [-0.2, -0.15) is 0 Å². The van der Waals surface area contributed by atoms with Crippen molar-refractivity contribution in [2.24, 2.45) is 5.92 Å². The van der Waals surface area contributed by atoms with Crippen molar-refractivity contribution in [3.8, 4) is 0 Å². The molecule has 102 valence electrons. The van der Waals surface area contributed by atoms with E-state index in [1.54, 1.807) is 11.3 Å². The Bertz CT molecular complexity index is 549. The average Bonchev–Trinajstić information content (AvgIpc) is 2.71. The number of anilines is 1. The number of ether oxygens (including phenoxy) is 1. The number of thiophene rings is 1. The summed E-state index contributed by atoms with van der Waals surface area (Å²) in [6, 6.07) is 2.04. The van der Waals surface area contributed by atoms with Crippen molar-refractivity contribution in [2.75, 3.05) is 38.2 Å². The summed E-state index contributed by atoms with van der Waals surface area (Å²) in [7, 11) is 0. The normalized spacial score (nSPS) is 20.4. The zero-order valence-corrected chi connectivity index (χ0v) is 11.8. The predicted octanol–water partition coefficient (Wildman–Crippen LogP) is 1.65. The van der Waals surface area contributed by atoms with Crippen LogP contribution in [0.15, 0.2) is 11.4 Å². The molecule has 2 aromatic rings. The summed E-state index contributed by atoms with van der Waals surface area (Å²) >= 11 is 1.68. The first-order valence-electron chi connectivity index (χ1n) is 6.57. The van der Waals surface area contributed by atoms with E-state index in [2.05, 4.69) is 26.0 Å². The van der Waals surface area contributed by atoms with E-state index in [-0.39, 0.29) is 0 Å². The molecule has 0 aromatic carbocycles. The standard InChI is InChI=1S/C13H18N4OS/c1-9-16-11-2-5-19-12(11)13(17-9)15-7-10-6-14-3-4-18-8-10/h2,5,10,14H,3-4,6-8H2,1H3,(H,15,16,17)/t10-/m0/s1. The molecule has 19 heavy (non-hydrogen) atoms. The molecular weight excluding hydrogens is 260 g/mol. The molecule has 3 rings (SSSR count). The summed E-state index contributed by atoms with van der Waals surface area (Å²) in [6.45, 7) is 6.34. The zero-order valence-electron chi connectivity index (χ0n) is 11.0. The molecule has 1 atom stereocenters. The Kier molecular flexibility index (Phi) is 3.91. The molecule has 1 aliphatic rings. The van der Waals surface area contributed by atoms with Gasteiger partial charge in [-0.05, 0) is 18.4 Å². The number of nitrogens with zero attached hydrogens (tertiary/aromatic N) is 2. The lowest BCUT2D eigenvalue weighted by Gasteiger charge is -2.15. The van der Waals surface area contributed by atoms with E-state index in [0.29, 0.717) is 5.92 Å². The van der Waals surface area contributed by atoms with Gasteiger partial charge in [0.15, 0.2) is 0 Å². The van der Waals surface area contributed by atoms with E-state index in [4.69, 9.17) is 4.74 Å². The SMILES string of the molecule is Cc1nc(NC[C@@H]2CNCCOC2)c2sccc2n1. The summed E-state index contributed by atoms with van der Waals surface area (Å²) < 4.78 is 6.69. The summed E-state index contributed by atoms with van der Waals surface area (Å²) in [6.07, 6.45) is 0. The van der Waals surface area contributed by atoms with Crippen LogP contribution in [0.5, 0.6) is 0 Å². The Labute approximate surface area is 116 Å². The second-order valence-corrected chi connectivity index (χ2v) is 5.70. The van der Waals surface area contributed by atoms with Gasteiger partial charge in [-0.15, -0.1) is 11.3 Å². The van der Waals surface area contributed by atoms with Gasteiger partial charge in [-0.25, -0.2) is 9.97 Å². The molecule has 5 nitrogen and oxygen atoms in total. The first kappa shape index (κ1) is 12.8. The minimum absolute atomic E-state index is 0.479. The second-order valence-electron chi connectivity index (χ2n) is 4.78. The van der Waals surface area contributed by atoms with Gasteiger partial charge in [-0.3, -0.25) is 0 Å². The first-order chi connectivity index (χ1) is 9.33. The highest BCUT2D eigenvalue weighted by Crippen LogP contribution is 2.25. The van der Waals surface area contributed by atoms with Crippen LogP contribution in [0.4, 0.5) is 5.82 Å². The number of aromatic nitrogens is 2. The van der Waals surface area contributed by atoms with Crippen molar-refractivity contribution < 1.29 is 4.74 Å². The topological polar surface area (TPSA) is 59.1 Å². The fourth-order valence-corrected chi connectivity index (χ4v) is 3.03. The molecule has 0 spiro atoms. The van der Waals surface area contributed by atoms with Gasteiger partial charge in [0.05, 0.1) is 23.4 Å². The fourth-order valence-electron chi connectivity index (χ4n) is 2.23. The molecule has 0 radical (unpaired) electrons. The molecule has 0 bridgehead atoms. The maximum Gasteiger partial charge on any atom is 0.147 e. The number of hydrogen-bond acceptors (Lipinski definition) is 6. The number of rotatable bonds is 3. The van der Waals surface area contributed by atoms with Crippen molar-refractivity contribution in [3.63, 3.8) is 0 Å². The Hall–Kier alpha value is -1.24. The molecule has 0 saturated carbocycles. The lowest BCUT2D eigenvalue weighted by Crippen LogP contribution is -2.28. The van der Waals surface area contributed by atoms with Crippen LogP contribution >= 0.6 is 11.3 Å². The van der Waals surface area contributed by atoms with Crippen LogP contribution in [-0.4, -0.2) is 42.8 Å². The van der Waals surface area contributed by atoms with E-state index >= 15 is 0 Å². The first-order valence-corrected chi connectivity index (χ1v) is 7.45. The molecule has 1 fully saturated rings. The largest absolute Gasteiger partial charge is 0.380 e. The summed E-state index contributed by atoms with van der Waals surface area (Å²) in [5.74, 6) is 2.23. The van der Waals surface area contributed by atoms with E-state index in [1.807, 2.05) is 13.0 Å². The van der Waals surface area contributed by atoms with Crippen molar-refractivity contribution >= 4 is 27.4 Å². The lowest BCUT2D eigenvalue weighted by atomic mass is 10.1. The maximum absolute atomic E-state index is 5.56. The minimum atomic E-state index is 0.479. The smallest absolute Gasteiger partial charge is 0.147 e. The van der Waals surface area contributed by atoms with Gasteiger partial charge in [0.2, 0.25) is 0 Å². The summed E-state index contributed by atoms with van der Waals surface area (Å²) in [5, 5.41) is 8.89. The Morgan fingerprint density at radius 3 is 3.42 bits per heavy atom. The zero-order chi connectivity index (χ0) is 13.1. The molecule has 0 unspecified atom stereocenters. The molecular formula is C13H18N4OS.